The Kier molecular flexibility index (Phi) is 3.79. The molecule has 1 spiro atoms. The summed E-state index contributed by atoms with van der Waals surface area (Å²) in [6, 6.07) is 13.1. The Morgan fingerprint density at radius 2 is 1.85 bits per heavy atom. The van der Waals surface area contributed by atoms with Crippen molar-refractivity contribution in [3.63, 3.8) is 0 Å². The zero-order chi connectivity index (χ0) is 18.4. The standard InChI is InChI=1S/C21H18ClN3O2/c22-14-5-6-19-15(11-14)18(26)12-21(27-19)7-9-25(10-8-21)20-13-23-16-3-1-2-4-17(16)24-20/h1-6,11,13H,7-10,12H2. The second-order valence-electron chi connectivity index (χ2n) is 7.23. The smallest absolute Gasteiger partial charge is 0.170 e. The van der Waals surface area contributed by atoms with E-state index in [-0.39, 0.29) is 5.78 Å². The average Bonchev–Trinajstić information content (AvgIpc) is 2.69. The van der Waals surface area contributed by atoms with Gasteiger partial charge in [0.1, 0.15) is 17.2 Å². The number of hydrogen-bond donors (Lipinski definition) is 0. The molecule has 3 aromatic rings. The maximum absolute atomic E-state index is 12.6. The Hall–Kier alpha value is -2.66. The van der Waals surface area contributed by atoms with E-state index >= 15 is 0 Å². The third-order valence-electron chi connectivity index (χ3n) is 5.49. The van der Waals surface area contributed by atoms with E-state index in [9.17, 15) is 4.79 Å². The molecule has 0 radical (unpaired) electrons. The number of carbonyl (C=O) groups excluding carboxylic acids is 1. The molecule has 5 nitrogen and oxygen atoms in total. The third kappa shape index (κ3) is 2.92. The molecule has 6 heteroatoms. The Morgan fingerprint density at radius 1 is 1.07 bits per heavy atom. The number of anilines is 1. The molecule has 2 aliphatic rings. The Balaban J connectivity index is 1.36. The van der Waals surface area contributed by atoms with Gasteiger partial charge in [-0.05, 0) is 30.3 Å². The van der Waals surface area contributed by atoms with Crippen LogP contribution >= 0.6 is 11.6 Å². The van der Waals surface area contributed by atoms with E-state index in [2.05, 4.69) is 9.88 Å². The van der Waals surface area contributed by atoms with Crippen LogP contribution in [0.25, 0.3) is 11.0 Å². The minimum absolute atomic E-state index is 0.109. The molecular weight excluding hydrogens is 362 g/mol. The van der Waals surface area contributed by atoms with Gasteiger partial charge in [0, 0.05) is 31.0 Å². The number of piperidine rings is 1. The van der Waals surface area contributed by atoms with Crippen LogP contribution < -0.4 is 9.64 Å². The van der Waals surface area contributed by atoms with Gasteiger partial charge in [-0.2, -0.15) is 0 Å². The van der Waals surface area contributed by atoms with Gasteiger partial charge in [-0.25, -0.2) is 4.98 Å². The molecule has 27 heavy (non-hydrogen) atoms. The first-order valence-electron chi connectivity index (χ1n) is 9.10. The van der Waals surface area contributed by atoms with E-state index < -0.39 is 5.60 Å². The SMILES string of the molecule is O=C1CC2(CCN(c3cnc4ccccc4n3)CC2)Oc2ccc(Cl)cc21. The number of halogens is 1. The van der Waals surface area contributed by atoms with Crippen molar-refractivity contribution in [2.45, 2.75) is 24.9 Å². The lowest BCUT2D eigenvalue weighted by Crippen LogP contribution is -2.51. The molecule has 2 aromatic carbocycles. The number of hydrogen-bond acceptors (Lipinski definition) is 5. The average molecular weight is 380 g/mol. The summed E-state index contributed by atoms with van der Waals surface area (Å²) in [5.41, 5.74) is 1.95. The molecule has 1 aromatic heterocycles. The van der Waals surface area contributed by atoms with Gasteiger partial charge in [0.2, 0.25) is 0 Å². The normalized spacial score (nSPS) is 18.4. The van der Waals surface area contributed by atoms with Gasteiger partial charge in [0.15, 0.2) is 5.78 Å². The fourth-order valence-corrected chi connectivity index (χ4v) is 4.16. The highest BCUT2D eigenvalue weighted by Gasteiger charge is 2.43. The molecule has 0 amide bonds. The van der Waals surface area contributed by atoms with Gasteiger partial charge in [-0.3, -0.25) is 9.78 Å². The first kappa shape index (κ1) is 16.5. The second-order valence-corrected chi connectivity index (χ2v) is 7.67. The minimum Gasteiger partial charge on any atom is -0.486 e. The van der Waals surface area contributed by atoms with Crippen molar-refractivity contribution < 1.29 is 9.53 Å². The topological polar surface area (TPSA) is 55.3 Å². The maximum Gasteiger partial charge on any atom is 0.170 e. The van der Waals surface area contributed by atoms with Gasteiger partial charge >= 0.3 is 0 Å². The van der Waals surface area contributed by atoms with Crippen LogP contribution in [0.5, 0.6) is 5.75 Å². The van der Waals surface area contributed by atoms with Crippen molar-refractivity contribution >= 4 is 34.2 Å². The lowest BCUT2D eigenvalue weighted by molar-refractivity contribution is 0.0231. The van der Waals surface area contributed by atoms with Crippen molar-refractivity contribution in [2.75, 3.05) is 18.0 Å². The number of para-hydroxylation sites is 2. The molecule has 2 aliphatic heterocycles. The summed E-state index contributed by atoms with van der Waals surface area (Å²) in [6.07, 6.45) is 3.77. The molecule has 3 heterocycles. The second kappa shape index (κ2) is 6.20. The lowest BCUT2D eigenvalue weighted by atomic mass is 9.82. The summed E-state index contributed by atoms with van der Waals surface area (Å²) in [5, 5.41) is 0.561. The summed E-state index contributed by atoms with van der Waals surface area (Å²) < 4.78 is 6.30. The van der Waals surface area contributed by atoms with Gasteiger partial charge in [0.05, 0.1) is 29.2 Å². The molecule has 1 saturated heterocycles. The Labute approximate surface area is 161 Å². The molecular formula is C21H18ClN3O2. The highest BCUT2D eigenvalue weighted by Crippen LogP contribution is 2.40. The van der Waals surface area contributed by atoms with Crippen molar-refractivity contribution in [3.05, 3.63) is 59.2 Å². The molecule has 0 bridgehead atoms. The van der Waals surface area contributed by atoms with Gasteiger partial charge in [-0.1, -0.05) is 23.7 Å². The van der Waals surface area contributed by atoms with Gasteiger partial charge < -0.3 is 9.64 Å². The molecule has 0 aliphatic carbocycles. The molecule has 0 unspecified atom stereocenters. The number of fused-ring (bicyclic) bond motifs is 2. The van der Waals surface area contributed by atoms with Gasteiger partial charge in [-0.15, -0.1) is 0 Å². The number of carbonyl (C=O) groups is 1. The molecule has 136 valence electrons. The van der Waals surface area contributed by atoms with Crippen molar-refractivity contribution in [1.29, 1.82) is 0 Å². The number of ketones is 1. The molecule has 5 rings (SSSR count). The first-order chi connectivity index (χ1) is 13.1. The predicted molar refractivity (Wildman–Crippen MR) is 105 cm³/mol. The third-order valence-corrected chi connectivity index (χ3v) is 5.72. The number of aromatic nitrogens is 2. The zero-order valence-electron chi connectivity index (χ0n) is 14.7. The van der Waals surface area contributed by atoms with Crippen LogP contribution in [0.1, 0.15) is 29.6 Å². The number of ether oxygens (including phenoxy) is 1. The summed E-state index contributed by atoms with van der Waals surface area (Å²) in [7, 11) is 0. The summed E-state index contributed by atoms with van der Waals surface area (Å²) in [4.78, 5) is 24.1. The number of nitrogens with zero attached hydrogens (tertiary/aromatic N) is 3. The van der Waals surface area contributed by atoms with Crippen LogP contribution in [0.15, 0.2) is 48.7 Å². The van der Waals surface area contributed by atoms with E-state index in [0.29, 0.717) is 22.8 Å². The highest BCUT2D eigenvalue weighted by molar-refractivity contribution is 6.31. The quantitative estimate of drug-likeness (QED) is 0.631. The Bertz CT molecular complexity index is 1040. The van der Waals surface area contributed by atoms with Crippen LogP contribution in [0.2, 0.25) is 5.02 Å². The van der Waals surface area contributed by atoms with E-state index in [1.54, 1.807) is 18.2 Å². The van der Waals surface area contributed by atoms with Crippen molar-refractivity contribution in [2.24, 2.45) is 0 Å². The highest BCUT2D eigenvalue weighted by atomic mass is 35.5. The van der Waals surface area contributed by atoms with Crippen LogP contribution in [0.4, 0.5) is 5.82 Å². The summed E-state index contributed by atoms with van der Waals surface area (Å²) >= 11 is 6.02. The first-order valence-corrected chi connectivity index (χ1v) is 9.48. The van der Waals surface area contributed by atoms with Crippen LogP contribution in [0, 0.1) is 0 Å². The molecule has 0 N–H and O–H groups in total. The van der Waals surface area contributed by atoms with E-state index in [4.69, 9.17) is 21.3 Å². The van der Waals surface area contributed by atoms with E-state index in [1.807, 2.05) is 30.5 Å². The van der Waals surface area contributed by atoms with Crippen molar-refractivity contribution in [1.82, 2.24) is 9.97 Å². The fraction of sp³-hybridized carbons (Fsp3) is 0.286. The van der Waals surface area contributed by atoms with E-state index in [0.717, 1.165) is 42.8 Å². The predicted octanol–water partition coefficient (Wildman–Crippen LogP) is 4.29. The summed E-state index contributed by atoms with van der Waals surface area (Å²) in [5.74, 6) is 1.63. The maximum atomic E-state index is 12.6. The monoisotopic (exact) mass is 379 g/mol. The zero-order valence-corrected chi connectivity index (χ0v) is 15.4. The molecule has 1 fully saturated rings. The number of rotatable bonds is 1. The molecule has 0 saturated carbocycles. The number of Topliss-reactive ketones (excluding diaryl/α,β-unsaturated/α-hetero) is 1. The minimum atomic E-state index is -0.432. The fourth-order valence-electron chi connectivity index (χ4n) is 3.99. The van der Waals surface area contributed by atoms with Crippen LogP contribution in [-0.2, 0) is 0 Å². The van der Waals surface area contributed by atoms with Crippen LogP contribution in [0.3, 0.4) is 0 Å². The van der Waals surface area contributed by atoms with Crippen LogP contribution in [-0.4, -0.2) is 34.4 Å². The van der Waals surface area contributed by atoms with Crippen molar-refractivity contribution in [3.8, 4) is 5.75 Å². The molecule has 0 atom stereocenters. The number of benzene rings is 2. The Morgan fingerprint density at radius 3 is 2.67 bits per heavy atom. The van der Waals surface area contributed by atoms with E-state index in [1.165, 1.54) is 0 Å². The summed E-state index contributed by atoms with van der Waals surface area (Å²) in [6.45, 7) is 1.56. The lowest BCUT2D eigenvalue weighted by Gasteiger charge is -2.44. The van der Waals surface area contributed by atoms with Gasteiger partial charge in [0.25, 0.3) is 0 Å². The largest absolute Gasteiger partial charge is 0.486 e.